The number of carbonyl (C=O) groups excluding carboxylic acids is 1. The van der Waals surface area contributed by atoms with Crippen LogP contribution in [0.25, 0.3) is 10.2 Å². The number of benzene rings is 2. The van der Waals surface area contributed by atoms with Crippen LogP contribution in [0.5, 0.6) is 0 Å². The molecule has 154 valence electrons. The predicted molar refractivity (Wildman–Crippen MR) is 116 cm³/mol. The van der Waals surface area contributed by atoms with Gasteiger partial charge in [0, 0.05) is 11.3 Å². The lowest BCUT2D eigenvalue weighted by atomic mass is 10.1. The zero-order valence-electron chi connectivity index (χ0n) is 16.3. The largest absolute Gasteiger partial charge is 0.468 e. The van der Waals surface area contributed by atoms with Crippen LogP contribution in [0.3, 0.4) is 0 Å². The van der Waals surface area contributed by atoms with Gasteiger partial charge in [0.1, 0.15) is 5.76 Å². The number of nitrogens with one attached hydrogen (secondary N) is 2. The molecule has 0 unspecified atom stereocenters. The van der Waals surface area contributed by atoms with Gasteiger partial charge in [0.25, 0.3) is 5.91 Å². The number of aromatic nitrogens is 1. The number of hydrogen-bond donors (Lipinski definition) is 2. The number of amides is 1. The van der Waals surface area contributed by atoms with Gasteiger partial charge in [-0.3, -0.25) is 4.79 Å². The van der Waals surface area contributed by atoms with E-state index in [-0.39, 0.29) is 22.9 Å². The molecular weight excluding hydrogens is 422 g/mol. The van der Waals surface area contributed by atoms with Gasteiger partial charge in [-0.25, -0.2) is 18.1 Å². The molecule has 4 aromatic rings. The summed E-state index contributed by atoms with van der Waals surface area (Å²) in [4.78, 5) is 17.3. The first-order valence-electron chi connectivity index (χ1n) is 9.13. The summed E-state index contributed by atoms with van der Waals surface area (Å²) in [5, 5.41) is 3.79. The van der Waals surface area contributed by atoms with Gasteiger partial charge < -0.3 is 9.73 Å². The molecule has 30 heavy (non-hydrogen) atoms. The first kappa shape index (κ1) is 20.3. The number of nitrogens with zero attached hydrogens (tertiary/aromatic N) is 1. The maximum absolute atomic E-state index is 12.8. The van der Waals surface area contributed by atoms with Gasteiger partial charge >= 0.3 is 0 Å². The highest BCUT2D eigenvalue weighted by Gasteiger charge is 2.19. The van der Waals surface area contributed by atoms with Crippen LogP contribution in [0, 0.1) is 13.8 Å². The quantitative estimate of drug-likeness (QED) is 0.466. The van der Waals surface area contributed by atoms with Crippen molar-refractivity contribution >= 4 is 43.2 Å². The standard InChI is InChI=1S/C21H19N3O4S2/c1-13-5-7-17(30(26,27)22-12-16-4-3-9-28-16)11-18(13)21(25)24-15-6-8-19-20(10-15)29-14(2)23-19/h3-11,22H,12H2,1-2H3,(H,24,25). The Hall–Kier alpha value is -3.01. The summed E-state index contributed by atoms with van der Waals surface area (Å²) in [6.07, 6.45) is 1.48. The van der Waals surface area contributed by atoms with E-state index in [1.807, 2.05) is 19.1 Å². The van der Waals surface area contributed by atoms with E-state index in [0.29, 0.717) is 17.0 Å². The Bertz CT molecular complexity index is 1330. The summed E-state index contributed by atoms with van der Waals surface area (Å²) in [6, 6.07) is 13.3. The molecule has 0 saturated heterocycles. The number of hydrogen-bond acceptors (Lipinski definition) is 6. The van der Waals surface area contributed by atoms with E-state index in [0.717, 1.165) is 15.2 Å². The number of furan rings is 1. The maximum Gasteiger partial charge on any atom is 0.255 e. The summed E-state index contributed by atoms with van der Waals surface area (Å²) in [5.74, 6) is 0.119. The van der Waals surface area contributed by atoms with Crippen molar-refractivity contribution in [3.63, 3.8) is 0 Å². The zero-order chi connectivity index (χ0) is 21.3. The molecule has 2 N–H and O–H groups in total. The Morgan fingerprint density at radius 1 is 1.13 bits per heavy atom. The van der Waals surface area contributed by atoms with Crippen LogP contribution in [0.1, 0.15) is 26.7 Å². The lowest BCUT2D eigenvalue weighted by molar-refractivity contribution is 0.102. The van der Waals surface area contributed by atoms with Crippen molar-refractivity contribution in [1.29, 1.82) is 0 Å². The van der Waals surface area contributed by atoms with E-state index in [4.69, 9.17) is 4.42 Å². The number of sulfonamides is 1. The van der Waals surface area contributed by atoms with E-state index >= 15 is 0 Å². The molecule has 9 heteroatoms. The van der Waals surface area contributed by atoms with Gasteiger partial charge in [-0.2, -0.15) is 0 Å². The van der Waals surface area contributed by atoms with Crippen molar-refractivity contribution in [2.24, 2.45) is 0 Å². The Labute approximate surface area is 177 Å². The fourth-order valence-corrected chi connectivity index (χ4v) is 4.88. The van der Waals surface area contributed by atoms with E-state index in [9.17, 15) is 13.2 Å². The molecule has 0 fully saturated rings. The lowest BCUT2D eigenvalue weighted by Gasteiger charge is -2.11. The summed E-state index contributed by atoms with van der Waals surface area (Å²) in [6.45, 7) is 3.72. The van der Waals surface area contributed by atoms with Crippen molar-refractivity contribution in [3.8, 4) is 0 Å². The van der Waals surface area contributed by atoms with E-state index in [1.54, 1.807) is 42.5 Å². The number of rotatable bonds is 6. The highest BCUT2D eigenvalue weighted by atomic mass is 32.2. The third-order valence-electron chi connectivity index (χ3n) is 4.53. The molecule has 0 spiro atoms. The molecule has 1 amide bonds. The smallest absolute Gasteiger partial charge is 0.255 e. The first-order valence-corrected chi connectivity index (χ1v) is 11.4. The van der Waals surface area contributed by atoms with Crippen molar-refractivity contribution in [2.45, 2.75) is 25.3 Å². The lowest BCUT2D eigenvalue weighted by Crippen LogP contribution is -2.24. The van der Waals surface area contributed by atoms with Gasteiger partial charge in [0.15, 0.2) is 0 Å². The summed E-state index contributed by atoms with van der Waals surface area (Å²) < 4.78 is 33.9. The highest BCUT2D eigenvalue weighted by molar-refractivity contribution is 7.89. The average molecular weight is 442 g/mol. The van der Waals surface area contributed by atoms with Crippen LogP contribution in [-0.4, -0.2) is 19.3 Å². The molecule has 0 aliphatic heterocycles. The van der Waals surface area contributed by atoms with E-state index < -0.39 is 10.0 Å². The van der Waals surface area contributed by atoms with Crippen molar-refractivity contribution in [3.05, 3.63) is 76.7 Å². The molecule has 4 rings (SSSR count). The summed E-state index contributed by atoms with van der Waals surface area (Å²) >= 11 is 1.54. The maximum atomic E-state index is 12.8. The number of aryl methyl sites for hydroxylation is 2. The molecule has 2 aromatic carbocycles. The van der Waals surface area contributed by atoms with Crippen LogP contribution in [0.15, 0.2) is 64.1 Å². The van der Waals surface area contributed by atoms with Gasteiger partial charge in [-0.1, -0.05) is 6.07 Å². The normalized spacial score (nSPS) is 11.7. The molecule has 0 saturated carbocycles. The first-order chi connectivity index (χ1) is 14.3. The summed E-state index contributed by atoms with van der Waals surface area (Å²) in [5.41, 5.74) is 2.46. The van der Waals surface area contributed by atoms with Crippen molar-refractivity contribution in [1.82, 2.24) is 9.71 Å². The minimum absolute atomic E-state index is 0.0124. The molecule has 0 aliphatic carbocycles. The SMILES string of the molecule is Cc1nc2ccc(NC(=O)c3cc(S(=O)(=O)NCc4ccco4)ccc3C)cc2s1. The minimum atomic E-state index is -3.80. The third kappa shape index (κ3) is 4.28. The Morgan fingerprint density at radius 2 is 1.97 bits per heavy atom. The number of anilines is 1. The number of thiazole rings is 1. The molecule has 0 atom stereocenters. The third-order valence-corrected chi connectivity index (χ3v) is 6.87. The van der Waals surface area contributed by atoms with Crippen LogP contribution in [-0.2, 0) is 16.6 Å². The Balaban J connectivity index is 1.56. The van der Waals surface area contributed by atoms with Crippen LogP contribution < -0.4 is 10.0 Å². The van der Waals surface area contributed by atoms with Gasteiger partial charge in [-0.05, 0) is 61.9 Å². The fourth-order valence-electron chi connectivity index (χ4n) is 2.99. The van der Waals surface area contributed by atoms with Gasteiger partial charge in [0.2, 0.25) is 10.0 Å². The molecule has 0 bridgehead atoms. The molecule has 0 radical (unpaired) electrons. The predicted octanol–water partition coefficient (Wildman–Crippen LogP) is 4.24. The number of fused-ring (bicyclic) bond motifs is 1. The van der Waals surface area contributed by atoms with Crippen molar-refractivity contribution < 1.29 is 17.6 Å². The second kappa shape index (κ2) is 8.02. The Morgan fingerprint density at radius 3 is 2.73 bits per heavy atom. The molecular formula is C21H19N3O4S2. The topological polar surface area (TPSA) is 101 Å². The minimum Gasteiger partial charge on any atom is -0.468 e. The average Bonchev–Trinajstić information content (AvgIpc) is 3.34. The van der Waals surface area contributed by atoms with E-state index in [2.05, 4.69) is 15.0 Å². The van der Waals surface area contributed by atoms with E-state index in [1.165, 1.54) is 18.4 Å². The second-order valence-electron chi connectivity index (χ2n) is 6.75. The monoisotopic (exact) mass is 441 g/mol. The molecule has 0 aliphatic rings. The molecule has 2 aromatic heterocycles. The van der Waals surface area contributed by atoms with Gasteiger partial charge in [-0.15, -0.1) is 11.3 Å². The fraction of sp³-hybridized carbons (Fsp3) is 0.143. The zero-order valence-corrected chi connectivity index (χ0v) is 17.9. The molecule has 2 heterocycles. The second-order valence-corrected chi connectivity index (χ2v) is 9.75. The van der Waals surface area contributed by atoms with Crippen molar-refractivity contribution in [2.75, 3.05) is 5.32 Å². The van der Waals surface area contributed by atoms with Gasteiger partial charge in [0.05, 0.1) is 32.9 Å². The van der Waals surface area contributed by atoms with Crippen LogP contribution >= 0.6 is 11.3 Å². The Kier molecular flexibility index (Phi) is 5.42. The number of carbonyl (C=O) groups is 1. The highest BCUT2D eigenvalue weighted by Crippen LogP contribution is 2.25. The summed E-state index contributed by atoms with van der Waals surface area (Å²) in [7, 11) is -3.80. The molecule has 7 nitrogen and oxygen atoms in total. The van der Waals surface area contributed by atoms with Crippen LogP contribution in [0.4, 0.5) is 5.69 Å². The van der Waals surface area contributed by atoms with Crippen LogP contribution in [0.2, 0.25) is 0 Å².